The number of benzene rings is 1. The molecule has 1 aromatic rings. The highest BCUT2D eigenvalue weighted by Gasteiger charge is 2.46. The zero-order chi connectivity index (χ0) is 35.6. The summed E-state index contributed by atoms with van der Waals surface area (Å²) in [6.07, 6.45) is 20.3. The van der Waals surface area contributed by atoms with Gasteiger partial charge in [-0.15, -0.1) is 0 Å². The normalized spacial score (nSPS) is 20.8. The van der Waals surface area contributed by atoms with Crippen LogP contribution in [0.2, 0.25) is 0 Å². The lowest BCUT2D eigenvalue weighted by Crippen LogP contribution is -2.51. The second-order valence-electron chi connectivity index (χ2n) is 13.8. The largest absolute Gasteiger partial charge is 0.508 e. The van der Waals surface area contributed by atoms with Crippen LogP contribution in [0.3, 0.4) is 0 Å². The first-order valence-corrected chi connectivity index (χ1v) is 20.7. The molecule has 4 amide bonds. The first-order valence-electron chi connectivity index (χ1n) is 18.5. The molecule has 12 heteroatoms. The van der Waals surface area contributed by atoms with Gasteiger partial charge >= 0.3 is 5.97 Å². The van der Waals surface area contributed by atoms with E-state index in [1.165, 1.54) is 76.3 Å². The Hall–Kier alpha value is -3.28. The number of unbranched alkanes of at least 4 members (excludes halogenated alkanes) is 12. The summed E-state index contributed by atoms with van der Waals surface area (Å²) >= 11 is 0. The van der Waals surface area contributed by atoms with Crippen LogP contribution in [0.25, 0.3) is 0 Å². The van der Waals surface area contributed by atoms with Crippen molar-refractivity contribution in [2.45, 2.75) is 135 Å². The van der Waals surface area contributed by atoms with Gasteiger partial charge in [-0.3, -0.25) is 23.5 Å². The molecule has 2 heterocycles. The standard InChI is InChI=1S/C37H60N4O7S/c1-3-4-5-6-7-8-9-10-11-12-13-14-15-19-34(44)41-25-17-26-49(41,2)37(48)40-24-16-18-32(40)35(45)38-28-33(43)39-31(36(46)47)27-29-20-22-30(42)23-21-29/h20-23,31-32,42H,3-19,24-28H2,1-2H3,(H,38,45)(H,39,43)(H,46,47). The van der Waals surface area contributed by atoms with Gasteiger partial charge in [-0.05, 0) is 49.6 Å². The monoisotopic (exact) mass is 704 g/mol. The number of nitrogens with one attached hydrogen (secondary N) is 2. The topological polar surface area (TPSA) is 156 Å². The third kappa shape index (κ3) is 12.8. The van der Waals surface area contributed by atoms with Crippen molar-refractivity contribution in [3.05, 3.63) is 29.8 Å². The van der Waals surface area contributed by atoms with E-state index in [0.29, 0.717) is 43.7 Å². The predicted octanol–water partition coefficient (Wildman–Crippen LogP) is 6.27. The van der Waals surface area contributed by atoms with Gasteiger partial charge in [-0.25, -0.2) is 4.79 Å². The molecule has 2 aliphatic heterocycles. The van der Waals surface area contributed by atoms with Crippen molar-refractivity contribution in [2.24, 2.45) is 0 Å². The van der Waals surface area contributed by atoms with Gasteiger partial charge in [0.15, 0.2) is 0 Å². The number of carbonyl (C=O) groups excluding carboxylic acids is 4. The number of carboxylic acids is 1. The molecule has 3 unspecified atom stereocenters. The maximum Gasteiger partial charge on any atom is 0.326 e. The zero-order valence-corrected chi connectivity index (χ0v) is 30.6. The maximum atomic E-state index is 14.0. The number of amides is 4. The maximum absolute atomic E-state index is 14.0. The molecule has 3 rings (SSSR count). The Morgan fingerprint density at radius 3 is 2.04 bits per heavy atom. The molecule has 276 valence electrons. The highest BCUT2D eigenvalue weighted by Crippen LogP contribution is 2.56. The SMILES string of the molecule is CCCCCCCCCCCCCCCC(=O)N1CCCS1(C)C(=O)N1CCCC1C(=O)NCC(=O)NC(Cc1ccc(O)cc1)C(=O)O. The highest BCUT2D eigenvalue weighted by atomic mass is 32.3. The fourth-order valence-corrected chi connectivity index (χ4v) is 9.93. The van der Waals surface area contributed by atoms with Crippen LogP contribution in [0, 0.1) is 0 Å². The minimum Gasteiger partial charge on any atom is -0.508 e. The van der Waals surface area contributed by atoms with Gasteiger partial charge in [0.2, 0.25) is 17.7 Å². The minimum absolute atomic E-state index is 0.0101. The first kappa shape index (κ1) is 40.2. The van der Waals surface area contributed by atoms with Crippen molar-refractivity contribution in [3.63, 3.8) is 0 Å². The lowest BCUT2D eigenvalue weighted by atomic mass is 10.0. The van der Waals surface area contributed by atoms with Crippen molar-refractivity contribution < 1.29 is 34.2 Å². The van der Waals surface area contributed by atoms with Gasteiger partial charge in [0, 0.05) is 31.7 Å². The third-order valence-electron chi connectivity index (χ3n) is 9.76. The van der Waals surface area contributed by atoms with Gasteiger partial charge in [0.1, 0.15) is 17.8 Å². The summed E-state index contributed by atoms with van der Waals surface area (Å²) in [4.78, 5) is 66.4. The van der Waals surface area contributed by atoms with E-state index in [1.54, 1.807) is 21.3 Å². The van der Waals surface area contributed by atoms with Gasteiger partial charge in [0.05, 0.1) is 6.54 Å². The fraction of sp³-hybridized carbons (Fsp3) is 0.703. The Balaban J connectivity index is 1.40. The second kappa shape index (κ2) is 21.1. The number of phenols is 1. The number of phenolic OH excluding ortho intramolecular Hbond substituents is 1. The van der Waals surface area contributed by atoms with Crippen molar-refractivity contribution in [1.29, 1.82) is 0 Å². The van der Waals surface area contributed by atoms with E-state index in [4.69, 9.17) is 0 Å². The van der Waals surface area contributed by atoms with Gasteiger partial charge in [-0.1, -0.05) is 106 Å². The number of likely N-dealkylation sites (tertiary alicyclic amines) is 1. The molecule has 0 aromatic heterocycles. The van der Waals surface area contributed by atoms with Crippen LogP contribution in [0.5, 0.6) is 5.75 Å². The molecule has 0 aliphatic carbocycles. The van der Waals surface area contributed by atoms with E-state index in [-0.39, 0.29) is 23.3 Å². The molecule has 2 aliphatic rings. The van der Waals surface area contributed by atoms with Crippen molar-refractivity contribution in [2.75, 3.05) is 31.6 Å². The first-order chi connectivity index (χ1) is 23.6. The van der Waals surface area contributed by atoms with Crippen LogP contribution in [0.4, 0.5) is 4.79 Å². The van der Waals surface area contributed by atoms with E-state index in [2.05, 4.69) is 17.6 Å². The number of carboxylic acid groups (broad SMARTS) is 1. The third-order valence-corrected chi connectivity index (χ3v) is 13.2. The van der Waals surface area contributed by atoms with Crippen LogP contribution in [0.15, 0.2) is 24.3 Å². The molecule has 49 heavy (non-hydrogen) atoms. The number of aromatic hydroxyl groups is 1. The van der Waals surface area contributed by atoms with Crippen LogP contribution in [0.1, 0.15) is 122 Å². The molecule has 3 atom stereocenters. The number of hydrogen-bond acceptors (Lipinski definition) is 6. The smallest absolute Gasteiger partial charge is 0.326 e. The summed E-state index contributed by atoms with van der Waals surface area (Å²) < 4.78 is 1.80. The minimum atomic E-state index is -2.10. The number of nitrogens with zero attached hydrogens (tertiary/aromatic N) is 2. The number of aliphatic carboxylic acids is 1. The average molecular weight is 705 g/mol. The zero-order valence-electron chi connectivity index (χ0n) is 29.8. The lowest BCUT2D eigenvalue weighted by molar-refractivity contribution is -0.141. The van der Waals surface area contributed by atoms with Gasteiger partial charge < -0.3 is 25.7 Å². The van der Waals surface area contributed by atoms with E-state index in [1.807, 2.05) is 6.26 Å². The Morgan fingerprint density at radius 2 is 1.45 bits per heavy atom. The van der Waals surface area contributed by atoms with Crippen molar-refractivity contribution >= 4 is 39.1 Å². The molecule has 11 nitrogen and oxygen atoms in total. The molecular formula is C37H60N4O7S. The summed E-state index contributed by atoms with van der Waals surface area (Å²) in [5.41, 5.74) is 0.620. The van der Waals surface area contributed by atoms with Crippen LogP contribution in [-0.2, 0) is 25.6 Å². The molecule has 0 spiro atoms. The summed E-state index contributed by atoms with van der Waals surface area (Å²) in [7, 11) is -2.10. The Morgan fingerprint density at radius 1 is 0.857 bits per heavy atom. The molecule has 0 radical (unpaired) electrons. The average Bonchev–Trinajstić information content (AvgIpc) is 3.74. The molecule has 2 fully saturated rings. The highest BCUT2D eigenvalue weighted by molar-refractivity contribution is 8.43. The summed E-state index contributed by atoms with van der Waals surface area (Å²) in [6, 6.07) is 4.07. The van der Waals surface area contributed by atoms with E-state index in [9.17, 15) is 34.2 Å². The Labute approximate surface area is 294 Å². The van der Waals surface area contributed by atoms with E-state index < -0.39 is 46.6 Å². The van der Waals surface area contributed by atoms with Gasteiger partial charge in [-0.2, -0.15) is 0 Å². The molecule has 4 N–H and O–H groups in total. The molecule has 0 bridgehead atoms. The number of hydrogen-bond donors (Lipinski definition) is 4. The van der Waals surface area contributed by atoms with Crippen molar-refractivity contribution in [3.8, 4) is 5.75 Å². The van der Waals surface area contributed by atoms with Gasteiger partial charge in [0.25, 0.3) is 5.24 Å². The summed E-state index contributed by atoms with van der Waals surface area (Å²) in [5.74, 6) is -1.63. The van der Waals surface area contributed by atoms with Crippen LogP contribution < -0.4 is 10.6 Å². The Kier molecular flexibility index (Phi) is 17.3. The van der Waals surface area contributed by atoms with E-state index in [0.717, 1.165) is 25.7 Å². The Bertz CT molecular complexity index is 1230. The van der Waals surface area contributed by atoms with Crippen LogP contribution >= 0.6 is 10.2 Å². The second-order valence-corrected chi connectivity index (χ2v) is 17.0. The fourth-order valence-electron chi connectivity index (χ4n) is 6.86. The van der Waals surface area contributed by atoms with Crippen molar-refractivity contribution in [1.82, 2.24) is 19.8 Å². The van der Waals surface area contributed by atoms with Crippen LogP contribution in [-0.4, -0.2) is 92.1 Å². The number of carbonyl (C=O) groups is 5. The molecular weight excluding hydrogens is 644 g/mol. The quantitative estimate of drug-likeness (QED) is 0.110. The summed E-state index contributed by atoms with van der Waals surface area (Å²) in [5, 5.41) is 23.9. The lowest BCUT2D eigenvalue weighted by Gasteiger charge is -2.42. The molecule has 1 aromatic carbocycles. The predicted molar refractivity (Wildman–Crippen MR) is 195 cm³/mol. The summed E-state index contributed by atoms with van der Waals surface area (Å²) in [6.45, 7) is 2.80. The molecule has 2 saturated heterocycles. The molecule has 0 saturated carbocycles. The number of rotatable bonds is 21. The van der Waals surface area contributed by atoms with E-state index >= 15 is 0 Å².